The van der Waals surface area contributed by atoms with Gasteiger partial charge in [-0.15, -0.1) is 0 Å². The van der Waals surface area contributed by atoms with Crippen LogP contribution in [0.1, 0.15) is 51.9 Å². The smallest absolute Gasteiger partial charge is 0.143 e. The highest BCUT2D eigenvalue weighted by atomic mass is 35.5. The minimum atomic E-state index is 0. The van der Waals surface area contributed by atoms with Crippen molar-refractivity contribution in [3.05, 3.63) is 91.0 Å². The SMILES string of the molecule is CCCCCCCCC[N+](c1ccccc1)(c1ccccc1)c1ccccc1.[Cl-]. The standard InChI is InChI=1S/C27H34N.ClH/c1-2-3-4-5-6-7-17-24-28(25-18-11-8-12-19-25,26-20-13-9-14-21-26)27-22-15-10-16-23-27;/h8-16,18-23H,2-7,17,24H2,1H3;1H/q+1;/p-1. The van der Waals surface area contributed by atoms with Crippen LogP contribution in [0.2, 0.25) is 0 Å². The Bertz CT molecular complexity index is 690. The predicted molar refractivity (Wildman–Crippen MR) is 123 cm³/mol. The van der Waals surface area contributed by atoms with Crippen LogP contribution in [0, 0.1) is 0 Å². The number of rotatable bonds is 11. The number of hydrogen-bond acceptors (Lipinski definition) is 0. The molecule has 2 heteroatoms. The molecule has 29 heavy (non-hydrogen) atoms. The molecule has 1 nitrogen and oxygen atoms in total. The predicted octanol–water partition coefficient (Wildman–Crippen LogP) is 5.41. The molecule has 0 amide bonds. The molecule has 0 aliphatic heterocycles. The molecule has 0 aliphatic rings. The zero-order chi connectivity index (χ0) is 19.5. The van der Waals surface area contributed by atoms with Gasteiger partial charge < -0.3 is 12.4 Å². The monoisotopic (exact) mass is 407 g/mol. The maximum absolute atomic E-state index is 2.28. The van der Waals surface area contributed by atoms with Gasteiger partial charge in [-0.05, 0) is 49.2 Å². The van der Waals surface area contributed by atoms with Crippen molar-refractivity contribution in [2.45, 2.75) is 51.9 Å². The summed E-state index contributed by atoms with van der Waals surface area (Å²) in [6, 6.07) is 33.0. The van der Waals surface area contributed by atoms with Gasteiger partial charge in [0.25, 0.3) is 0 Å². The van der Waals surface area contributed by atoms with E-state index in [1.807, 2.05) is 0 Å². The summed E-state index contributed by atoms with van der Waals surface area (Å²) in [5, 5.41) is 0. The zero-order valence-electron chi connectivity index (χ0n) is 17.6. The Morgan fingerprint density at radius 3 is 1.21 bits per heavy atom. The Labute approximate surface area is 183 Å². The highest BCUT2D eigenvalue weighted by molar-refractivity contribution is 5.70. The average Bonchev–Trinajstić information content (AvgIpc) is 2.78. The lowest BCUT2D eigenvalue weighted by molar-refractivity contribution is -0.00000569. The van der Waals surface area contributed by atoms with Gasteiger partial charge in [0.2, 0.25) is 0 Å². The van der Waals surface area contributed by atoms with E-state index in [1.165, 1.54) is 62.0 Å². The third-order valence-electron chi connectivity index (χ3n) is 5.69. The highest BCUT2D eigenvalue weighted by Crippen LogP contribution is 2.43. The van der Waals surface area contributed by atoms with Crippen molar-refractivity contribution in [2.75, 3.05) is 6.54 Å². The quantitative estimate of drug-likeness (QED) is 0.294. The normalized spacial score (nSPS) is 11.1. The molecular formula is C27H34ClN. The van der Waals surface area contributed by atoms with Crippen LogP contribution in [0.5, 0.6) is 0 Å². The number of benzene rings is 3. The molecule has 0 unspecified atom stereocenters. The van der Waals surface area contributed by atoms with Crippen LogP contribution >= 0.6 is 0 Å². The fraction of sp³-hybridized carbons (Fsp3) is 0.333. The van der Waals surface area contributed by atoms with Crippen LogP contribution in [-0.2, 0) is 0 Å². The van der Waals surface area contributed by atoms with Gasteiger partial charge in [0, 0.05) is 0 Å². The summed E-state index contributed by atoms with van der Waals surface area (Å²) < 4.78 is 0.789. The van der Waals surface area contributed by atoms with E-state index >= 15 is 0 Å². The first kappa shape index (κ1) is 23.2. The van der Waals surface area contributed by atoms with Gasteiger partial charge in [-0.25, -0.2) is 4.48 Å². The highest BCUT2D eigenvalue weighted by Gasteiger charge is 2.35. The Kier molecular flexibility index (Phi) is 9.97. The summed E-state index contributed by atoms with van der Waals surface area (Å²) >= 11 is 0. The average molecular weight is 408 g/mol. The van der Waals surface area contributed by atoms with Gasteiger partial charge >= 0.3 is 0 Å². The van der Waals surface area contributed by atoms with Gasteiger partial charge in [-0.1, -0.05) is 93.6 Å². The first-order valence-electron chi connectivity index (χ1n) is 10.9. The zero-order valence-corrected chi connectivity index (χ0v) is 18.4. The van der Waals surface area contributed by atoms with E-state index in [4.69, 9.17) is 0 Å². The number of nitrogens with zero attached hydrogens (tertiary/aromatic N) is 1. The van der Waals surface area contributed by atoms with Gasteiger partial charge in [0.1, 0.15) is 17.1 Å². The molecule has 3 rings (SSSR count). The van der Waals surface area contributed by atoms with E-state index in [1.54, 1.807) is 0 Å². The van der Waals surface area contributed by atoms with E-state index < -0.39 is 0 Å². The summed E-state index contributed by atoms with van der Waals surface area (Å²) in [5.41, 5.74) is 4.02. The van der Waals surface area contributed by atoms with Crippen LogP contribution in [0.4, 0.5) is 17.1 Å². The third-order valence-corrected chi connectivity index (χ3v) is 5.69. The molecule has 0 bridgehead atoms. The van der Waals surface area contributed by atoms with E-state index in [2.05, 4.69) is 97.9 Å². The molecule has 0 saturated carbocycles. The first-order valence-corrected chi connectivity index (χ1v) is 10.9. The van der Waals surface area contributed by atoms with Gasteiger partial charge in [0.05, 0.1) is 6.54 Å². The van der Waals surface area contributed by atoms with Crippen molar-refractivity contribution in [1.29, 1.82) is 0 Å². The van der Waals surface area contributed by atoms with Crippen LogP contribution in [-0.4, -0.2) is 6.54 Å². The molecule has 0 spiro atoms. The Morgan fingerprint density at radius 2 is 0.828 bits per heavy atom. The molecule has 0 radical (unpaired) electrons. The second-order valence-electron chi connectivity index (χ2n) is 7.66. The maximum Gasteiger partial charge on any atom is 0.143 e. The van der Waals surface area contributed by atoms with E-state index in [0.717, 1.165) is 11.0 Å². The molecule has 0 heterocycles. The minimum absolute atomic E-state index is 0. The Balaban J connectivity index is 0.00000300. The number of hydrogen-bond donors (Lipinski definition) is 0. The topological polar surface area (TPSA) is 0 Å². The van der Waals surface area contributed by atoms with Gasteiger partial charge in [-0.3, -0.25) is 0 Å². The van der Waals surface area contributed by atoms with Crippen molar-refractivity contribution in [3.8, 4) is 0 Å². The lowest BCUT2D eigenvalue weighted by Gasteiger charge is -2.37. The number of halogens is 1. The second kappa shape index (κ2) is 12.5. The molecule has 0 N–H and O–H groups in total. The van der Waals surface area contributed by atoms with Crippen LogP contribution in [0.25, 0.3) is 0 Å². The summed E-state index contributed by atoms with van der Waals surface area (Å²) in [7, 11) is 0. The molecule has 3 aromatic rings. The maximum atomic E-state index is 2.28. The van der Waals surface area contributed by atoms with Crippen molar-refractivity contribution in [3.63, 3.8) is 0 Å². The molecule has 0 aliphatic carbocycles. The summed E-state index contributed by atoms with van der Waals surface area (Å²) in [4.78, 5) is 0. The Hall–Kier alpha value is -2.09. The number of para-hydroxylation sites is 3. The first-order chi connectivity index (χ1) is 13.9. The van der Waals surface area contributed by atoms with Crippen LogP contribution in [0.3, 0.4) is 0 Å². The summed E-state index contributed by atoms with van der Waals surface area (Å²) in [6.07, 6.45) is 9.32. The summed E-state index contributed by atoms with van der Waals surface area (Å²) in [5.74, 6) is 0. The Morgan fingerprint density at radius 1 is 0.483 bits per heavy atom. The third kappa shape index (κ3) is 5.95. The number of unbranched alkanes of at least 4 members (excludes halogenated alkanes) is 6. The largest absolute Gasteiger partial charge is 1.00 e. The van der Waals surface area contributed by atoms with E-state index in [9.17, 15) is 0 Å². The number of quaternary nitrogens is 1. The van der Waals surface area contributed by atoms with Crippen molar-refractivity contribution in [1.82, 2.24) is 4.48 Å². The van der Waals surface area contributed by atoms with Crippen molar-refractivity contribution in [2.24, 2.45) is 0 Å². The molecule has 154 valence electrons. The molecule has 0 atom stereocenters. The molecule has 0 saturated heterocycles. The van der Waals surface area contributed by atoms with Gasteiger partial charge in [0.15, 0.2) is 0 Å². The van der Waals surface area contributed by atoms with Crippen LogP contribution < -0.4 is 16.9 Å². The lowest BCUT2D eigenvalue weighted by atomic mass is 10.1. The second-order valence-corrected chi connectivity index (χ2v) is 7.66. The molecule has 0 aromatic heterocycles. The lowest BCUT2D eigenvalue weighted by Crippen LogP contribution is -3.00. The molecule has 3 aromatic carbocycles. The van der Waals surface area contributed by atoms with Crippen molar-refractivity contribution < 1.29 is 12.4 Å². The van der Waals surface area contributed by atoms with Crippen LogP contribution in [0.15, 0.2) is 91.0 Å². The van der Waals surface area contributed by atoms with E-state index in [-0.39, 0.29) is 12.4 Å². The fourth-order valence-corrected chi connectivity index (χ4v) is 4.19. The van der Waals surface area contributed by atoms with Gasteiger partial charge in [-0.2, -0.15) is 0 Å². The summed E-state index contributed by atoms with van der Waals surface area (Å²) in [6.45, 7) is 3.37. The molecular weight excluding hydrogens is 374 g/mol. The van der Waals surface area contributed by atoms with Crippen molar-refractivity contribution >= 4 is 17.1 Å². The molecule has 0 fully saturated rings. The minimum Gasteiger partial charge on any atom is -1.00 e. The van der Waals surface area contributed by atoms with E-state index in [0.29, 0.717) is 0 Å². The fourth-order valence-electron chi connectivity index (χ4n) is 4.19.